The average molecular weight is 239 g/mol. The van der Waals surface area contributed by atoms with Crippen molar-refractivity contribution in [3.63, 3.8) is 0 Å². The van der Waals surface area contributed by atoms with Gasteiger partial charge in [0, 0.05) is 0 Å². The molecule has 0 unspecified atom stereocenters. The number of hydrogen-bond acceptors (Lipinski definition) is 2. The molecule has 14 heavy (non-hydrogen) atoms. The van der Waals surface area contributed by atoms with Gasteiger partial charge in [-0.3, -0.25) is 0 Å². The number of halogens is 3. The van der Waals surface area contributed by atoms with Gasteiger partial charge in [-0.2, -0.15) is 0 Å². The van der Waals surface area contributed by atoms with Gasteiger partial charge < -0.3 is 9.84 Å². The summed E-state index contributed by atoms with van der Waals surface area (Å²) in [4.78, 5) is 10.6. The van der Waals surface area contributed by atoms with E-state index in [0.717, 1.165) is 6.07 Å². The van der Waals surface area contributed by atoms with Crippen molar-refractivity contribution in [2.75, 3.05) is 7.11 Å². The summed E-state index contributed by atoms with van der Waals surface area (Å²) < 4.78 is 18.0. The maximum atomic E-state index is 13.4. The molecule has 6 heteroatoms. The molecule has 0 bridgehead atoms. The summed E-state index contributed by atoms with van der Waals surface area (Å²) in [5.74, 6) is -2.87. The van der Waals surface area contributed by atoms with Crippen molar-refractivity contribution in [1.82, 2.24) is 0 Å². The van der Waals surface area contributed by atoms with E-state index in [-0.39, 0.29) is 15.8 Å². The molecule has 0 saturated carbocycles. The maximum absolute atomic E-state index is 13.4. The zero-order valence-corrected chi connectivity index (χ0v) is 8.49. The van der Waals surface area contributed by atoms with E-state index in [1.54, 1.807) is 0 Å². The van der Waals surface area contributed by atoms with Crippen molar-refractivity contribution in [2.45, 2.75) is 0 Å². The molecule has 0 atom stereocenters. The number of carboxylic acids is 1. The third-order valence-electron chi connectivity index (χ3n) is 1.55. The van der Waals surface area contributed by atoms with Crippen molar-refractivity contribution >= 4 is 29.2 Å². The molecule has 0 aliphatic carbocycles. The Balaban J connectivity index is 3.52. The molecule has 0 spiro atoms. The highest BCUT2D eigenvalue weighted by Gasteiger charge is 2.22. The van der Waals surface area contributed by atoms with Gasteiger partial charge in [-0.1, -0.05) is 23.2 Å². The topological polar surface area (TPSA) is 46.5 Å². The molecule has 0 amide bonds. The number of carbonyl (C=O) groups is 1. The standard InChI is InChI=1S/C8H5Cl2FO3/c1-14-7-4(10)2-3(9)5(6(7)11)8(12)13/h2H,1H3,(H,12,13). The first-order valence-corrected chi connectivity index (χ1v) is 4.19. The first kappa shape index (κ1) is 11.1. The lowest BCUT2D eigenvalue weighted by molar-refractivity contribution is 0.0691. The van der Waals surface area contributed by atoms with Gasteiger partial charge in [0.05, 0.1) is 17.2 Å². The number of benzene rings is 1. The highest BCUT2D eigenvalue weighted by molar-refractivity contribution is 6.37. The highest BCUT2D eigenvalue weighted by atomic mass is 35.5. The zero-order chi connectivity index (χ0) is 10.9. The summed E-state index contributed by atoms with van der Waals surface area (Å²) in [7, 11) is 1.18. The third kappa shape index (κ3) is 1.76. The van der Waals surface area contributed by atoms with Crippen LogP contribution in [0.4, 0.5) is 4.39 Å². The molecule has 76 valence electrons. The van der Waals surface area contributed by atoms with Gasteiger partial charge in [0.15, 0.2) is 11.6 Å². The van der Waals surface area contributed by atoms with Gasteiger partial charge in [-0.25, -0.2) is 9.18 Å². The Hall–Kier alpha value is -1.00. The van der Waals surface area contributed by atoms with Crippen LogP contribution in [-0.4, -0.2) is 18.2 Å². The van der Waals surface area contributed by atoms with Crippen molar-refractivity contribution in [3.05, 3.63) is 27.5 Å². The van der Waals surface area contributed by atoms with Gasteiger partial charge in [-0.15, -0.1) is 0 Å². The van der Waals surface area contributed by atoms with Gasteiger partial charge in [0.2, 0.25) is 0 Å². The normalized spacial score (nSPS) is 10.0. The summed E-state index contributed by atoms with van der Waals surface area (Å²) in [6.45, 7) is 0. The lowest BCUT2D eigenvalue weighted by Gasteiger charge is -2.07. The lowest BCUT2D eigenvalue weighted by atomic mass is 10.2. The third-order valence-corrected chi connectivity index (χ3v) is 2.12. The molecule has 1 aromatic carbocycles. The summed E-state index contributed by atoms with van der Waals surface area (Å²) >= 11 is 11.1. The smallest absolute Gasteiger partial charge is 0.340 e. The van der Waals surface area contributed by atoms with Crippen LogP contribution < -0.4 is 4.74 Å². The molecule has 3 nitrogen and oxygen atoms in total. The minimum Gasteiger partial charge on any atom is -0.492 e. The summed E-state index contributed by atoms with van der Waals surface area (Å²) in [5.41, 5.74) is -0.645. The number of ether oxygens (including phenoxy) is 1. The van der Waals surface area contributed by atoms with Gasteiger partial charge >= 0.3 is 5.97 Å². The van der Waals surface area contributed by atoms with E-state index >= 15 is 0 Å². The summed E-state index contributed by atoms with van der Waals surface area (Å²) in [6, 6.07) is 1.12. The Bertz CT molecular complexity index is 393. The molecule has 0 fully saturated rings. The monoisotopic (exact) mass is 238 g/mol. The minimum atomic E-state index is -1.47. The van der Waals surface area contributed by atoms with Crippen LogP contribution in [0.25, 0.3) is 0 Å². The van der Waals surface area contributed by atoms with Crippen molar-refractivity contribution in [2.24, 2.45) is 0 Å². The van der Waals surface area contributed by atoms with Crippen molar-refractivity contribution in [1.29, 1.82) is 0 Å². The van der Waals surface area contributed by atoms with E-state index < -0.39 is 17.3 Å². The maximum Gasteiger partial charge on any atom is 0.340 e. The fraction of sp³-hybridized carbons (Fsp3) is 0.125. The quantitative estimate of drug-likeness (QED) is 0.862. The minimum absolute atomic E-state index is 0.0694. The first-order valence-electron chi connectivity index (χ1n) is 3.43. The van der Waals surface area contributed by atoms with Crippen LogP contribution in [-0.2, 0) is 0 Å². The van der Waals surface area contributed by atoms with Crippen LogP contribution in [0, 0.1) is 5.82 Å². The second-order valence-corrected chi connectivity index (χ2v) is 3.18. The van der Waals surface area contributed by atoms with E-state index in [1.165, 1.54) is 7.11 Å². The van der Waals surface area contributed by atoms with Crippen molar-refractivity contribution in [3.8, 4) is 5.75 Å². The number of rotatable bonds is 2. The summed E-state index contributed by atoms with van der Waals surface area (Å²) in [6.07, 6.45) is 0. The first-order chi connectivity index (χ1) is 6.49. The Labute approximate surface area is 89.0 Å². The Morgan fingerprint density at radius 1 is 1.50 bits per heavy atom. The Kier molecular flexibility index (Phi) is 3.18. The SMILES string of the molecule is COc1c(Cl)cc(Cl)c(C(=O)O)c1F. The average Bonchev–Trinajstić information content (AvgIpc) is 2.02. The van der Waals surface area contributed by atoms with Crippen LogP contribution in [0.3, 0.4) is 0 Å². The van der Waals surface area contributed by atoms with E-state index in [2.05, 4.69) is 4.74 Å². The molecule has 1 rings (SSSR count). The van der Waals surface area contributed by atoms with E-state index in [1.807, 2.05) is 0 Å². The largest absolute Gasteiger partial charge is 0.492 e. The number of hydrogen-bond donors (Lipinski definition) is 1. The van der Waals surface area contributed by atoms with Crippen LogP contribution >= 0.6 is 23.2 Å². The predicted octanol–water partition coefficient (Wildman–Crippen LogP) is 2.84. The van der Waals surface area contributed by atoms with Crippen LogP contribution in [0.15, 0.2) is 6.07 Å². The zero-order valence-electron chi connectivity index (χ0n) is 6.97. The van der Waals surface area contributed by atoms with Gasteiger partial charge in [0.1, 0.15) is 5.56 Å². The molecule has 0 aliphatic heterocycles. The molecular formula is C8H5Cl2FO3. The predicted molar refractivity (Wildman–Crippen MR) is 49.9 cm³/mol. The van der Waals surface area contributed by atoms with E-state index in [4.69, 9.17) is 28.3 Å². The summed E-state index contributed by atoms with van der Waals surface area (Å²) in [5, 5.41) is 8.30. The molecule has 0 aromatic heterocycles. The van der Waals surface area contributed by atoms with Crippen LogP contribution in [0.5, 0.6) is 5.75 Å². The molecule has 1 N–H and O–H groups in total. The fourth-order valence-corrected chi connectivity index (χ4v) is 1.55. The van der Waals surface area contributed by atoms with Crippen LogP contribution in [0.2, 0.25) is 10.0 Å². The molecule has 0 aliphatic rings. The fourth-order valence-electron chi connectivity index (χ4n) is 0.955. The molecule has 0 heterocycles. The number of methoxy groups -OCH3 is 1. The van der Waals surface area contributed by atoms with E-state index in [9.17, 15) is 9.18 Å². The number of carboxylic acid groups (broad SMARTS) is 1. The molecule has 0 radical (unpaired) electrons. The molecule has 0 saturated heterocycles. The second-order valence-electron chi connectivity index (χ2n) is 2.37. The Morgan fingerprint density at radius 2 is 2.07 bits per heavy atom. The second kappa shape index (κ2) is 4.02. The lowest BCUT2D eigenvalue weighted by Crippen LogP contribution is -2.04. The van der Waals surface area contributed by atoms with Crippen molar-refractivity contribution < 1.29 is 19.0 Å². The molecule has 1 aromatic rings. The van der Waals surface area contributed by atoms with E-state index in [0.29, 0.717) is 0 Å². The van der Waals surface area contributed by atoms with Crippen LogP contribution in [0.1, 0.15) is 10.4 Å². The van der Waals surface area contributed by atoms with Gasteiger partial charge in [0.25, 0.3) is 0 Å². The van der Waals surface area contributed by atoms with Gasteiger partial charge in [-0.05, 0) is 6.07 Å². The highest BCUT2D eigenvalue weighted by Crippen LogP contribution is 2.34. The Morgan fingerprint density at radius 3 is 2.50 bits per heavy atom. The number of aromatic carboxylic acids is 1. The molecular weight excluding hydrogens is 234 g/mol.